The van der Waals surface area contributed by atoms with Gasteiger partial charge in [0.05, 0.1) is 13.2 Å². The molecule has 8 atom stereocenters. The molecule has 0 unspecified atom stereocenters. The van der Waals surface area contributed by atoms with Crippen molar-refractivity contribution < 1.29 is 29.0 Å². The SMILES string of the molecule is [C-]#[N+]C1=C[C@]2(C)C3=C[C@@H](OC(C)=O)[C@]4(O)[C@@H]5CC(C)(C)CC[C@]5(COC(C)=O)CC[C@@]4(C)[C@]3(C)CC[C@H]2C(C)(C)C1=O. The van der Waals surface area contributed by atoms with Crippen LogP contribution in [-0.2, 0) is 23.9 Å². The van der Waals surface area contributed by atoms with Crippen molar-refractivity contribution in [3.05, 3.63) is 34.8 Å². The first-order valence-corrected chi connectivity index (χ1v) is 15.6. The molecular weight excluding hydrogens is 530 g/mol. The zero-order valence-electron chi connectivity index (χ0n) is 27.0. The van der Waals surface area contributed by atoms with E-state index in [1.54, 1.807) is 0 Å². The molecule has 5 aliphatic rings. The molecule has 0 aromatic rings. The fourth-order valence-electron chi connectivity index (χ4n) is 10.7. The third kappa shape index (κ3) is 3.89. The Balaban J connectivity index is 1.77. The molecule has 7 heteroatoms. The second-order valence-corrected chi connectivity index (χ2v) is 16.2. The molecule has 0 aromatic carbocycles. The van der Waals surface area contributed by atoms with Gasteiger partial charge in [0.15, 0.2) is 5.78 Å². The van der Waals surface area contributed by atoms with Crippen molar-refractivity contribution in [2.75, 3.05) is 6.61 Å². The Morgan fingerprint density at radius 3 is 2.21 bits per heavy atom. The lowest BCUT2D eigenvalue weighted by Crippen LogP contribution is -2.76. The molecule has 0 radical (unpaired) electrons. The van der Waals surface area contributed by atoms with Crippen LogP contribution >= 0.6 is 0 Å². The summed E-state index contributed by atoms with van der Waals surface area (Å²) >= 11 is 0. The number of fused-ring (bicyclic) bond motifs is 7. The van der Waals surface area contributed by atoms with E-state index in [1.165, 1.54) is 13.8 Å². The number of ketones is 1. The Bertz CT molecular complexity index is 1330. The van der Waals surface area contributed by atoms with Crippen LogP contribution in [0.15, 0.2) is 23.4 Å². The molecule has 3 saturated carbocycles. The van der Waals surface area contributed by atoms with Gasteiger partial charge < -0.3 is 19.4 Å². The largest absolute Gasteiger partial charge is 0.465 e. The molecule has 42 heavy (non-hydrogen) atoms. The summed E-state index contributed by atoms with van der Waals surface area (Å²) in [5, 5.41) is 13.5. The molecule has 3 fully saturated rings. The Labute approximate surface area is 251 Å². The van der Waals surface area contributed by atoms with Crippen LogP contribution in [0.5, 0.6) is 0 Å². The Morgan fingerprint density at radius 1 is 0.976 bits per heavy atom. The maximum Gasteiger partial charge on any atom is 0.303 e. The average Bonchev–Trinajstić information content (AvgIpc) is 2.88. The normalized spacial score (nSPS) is 45.0. The van der Waals surface area contributed by atoms with Gasteiger partial charge in [-0.3, -0.25) is 9.59 Å². The minimum atomic E-state index is -1.41. The van der Waals surface area contributed by atoms with Crippen LogP contribution in [0.2, 0.25) is 0 Å². The van der Waals surface area contributed by atoms with Gasteiger partial charge in [0, 0.05) is 41.4 Å². The number of allylic oxidation sites excluding steroid dienone is 3. The predicted octanol–water partition coefficient (Wildman–Crippen LogP) is 6.60. The number of ether oxygens (including phenoxy) is 2. The van der Waals surface area contributed by atoms with E-state index in [0.717, 1.165) is 44.1 Å². The molecule has 0 amide bonds. The van der Waals surface area contributed by atoms with Gasteiger partial charge in [-0.2, -0.15) is 0 Å². The lowest BCUT2D eigenvalue weighted by atomic mass is 9.32. The molecule has 0 saturated heterocycles. The van der Waals surface area contributed by atoms with Crippen LogP contribution in [0.3, 0.4) is 0 Å². The van der Waals surface area contributed by atoms with E-state index in [0.29, 0.717) is 6.42 Å². The van der Waals surface area contributed by atoms with Crippen LogP contribution in [0.4, 0.5) is 0 Å². The lowest BCUT2D eigenvalue weighted by molar-refractivity contribution is -0.294. The van der Waals surface area contributed by atoms with Crippen LogP contribution in [0.1, 0.15) is 107 Å². The molecule has 0 spiro atoms. The number of carbonyl (C=O) groups excluding carboxylic acids is 3. The number of carbonyl (C=O) groups is 3. The second-order valence-electron chi connectivity index (χ2n) is 16.2. The summed E-state index contributed by atoms with van der Waals surface area (Å²) < 4.78 is 11.9. The highest BCUT2D eigenvalue weighted by atomic mass is 16.6. The van der Waals surface area contributed by atoms with Crippen molar-refractivity contribution in [3.63, 3.8) is 0 Å². The zero-order valence-corrected chi connectivity index (χ0v) is 27.0. The third-order valence-electron chi connectivity index (χ3n) is 13.2. The van der Waals surface area contributed by atoms with E-state index >= 15 is 0 Å². The summed E-state index contributed by atoms with van der Waals surface area (Å²) in [4.78, 5) is 41.8. The van der Waals surface area contributed by atoms with Crippen molar-refractivity contribution in [2.45, 2.75) is 119 Å². The topological polar surface area (TPSA) is 94.3 Å². The highest BCUT2D eigenvalue weighted by Crippen LogP contribution is 2.76. The maximum atomic E-state index is 13.5. The first-order valence-electron chi connectivity index (χ1n) is 15.6. The van der Waals surface area contributed by atoms with Gasteiger partial charge in [-0.05, 0) is 67.8 Å². The summed E-state index contributed by atoms with van der Waals surface area (Å²) in [5.41, 5.74) is -3.18. The Kier molecular flexibility index (Phi) is 6.84. The van der Waals surface area contributed by atoms with Gasteiger partial charge in [-0.25, -0.2) is 4.85 Å². The van der Waals surface area contributed by atoms with E-state index in [9.17, 15) is 19.5 Å². The highest BCUT2D eigenvalue weighted by Gasteiger charge is 2.76. The fourth-order valence-corrected chi connectivity index (χ4v) is 10.7. The number of hydrogen-bond donors (Lipinski definition) is 1. The Morgan fingerprint density at radius 2 is 1.62 bits per heavy atom. The number of hydrogen-bond acceptors (Lipinski definition) is 6. The van der Waals surface area contributed by atoms with Crippen LogP contribution < -0.4 is 0 Å². The molecule has 5 rings (SSSR count). The average molecular weight is 580 g/mol. The van der Waals surface area contributed by atoms with Crippen molar-refractivity contribution in [1.82, 2.24) is 0 Å². The molecule has 0 aliphatic heterocycles. The molecule has 0 aromatic heterocycles. The van der Waals surface area contributed by atoms with Crippen molar-refractivity contribution >= 4 is 17.7 Å². The molecular formula is C35H49NO6. The highest BCUT2D eigenvalue weighted by molar-refractivity contribution is 6.02. The second kappa shape index (κ2) is 9.27. The molecule has 0 bridgehead atoms. The summed E-state index contributed by atoms with van der Waals surface area (Å²) in [6.45, 7) is 25.8. The number of Topliss-reactive ketones (excluding diaryl/α,β-unsaturated/α-hetero) is 1. The van der Waals surface area contributed by atoms with Crippen molar-refractivity contribution in [1.29, 1.82) is 0 Å². The van der Waals surface area contributed by atoms with Gasteiger partial charge in [-0.15, -0.1) is 0 Å². The summed E-state index contributed by atoms with van der Waals surface area (Å²) in [7, 11) is 0. The standard InChI is InChI=1S/C35H49NO6/c1-21(37)41-20-34-15-13-29(3,4)19-26(34)35(40)27(42-22(2)38)17-25-31(7)18-23(36-10)28(39)30(5,6)24(31)11-12-32(25,8)33(35,9)14-16-34/h17-18,24,26-27,40H,11-16,19-20H2,1-9H3/t24-,26+,27+,31-,32+,33-,34+,35+/m0/s1. The van der Waals surface area contributed by atoms with E-state index in [1.807, 2.05) is 26.0 Å². The monoisotopic (exact) mass is 579 g/mol. The van der Waals surface area contributed by atoms with Gasteiger partial charge in [0.2, 0.25) is 5.70 Å². The molecule has 230 valence electrons. The molecule has 7 nitrogen and oxygen atoms in total. The van der Waals surface area contributed by atoms with Crippen LogP contribution in [-0.4, -0.2) is 41.1 Å². The summed E-state index contributed by atoms with van der Waals surface area (Å²) in [5.74, 6) is -1.20. The lowest BCUT2D eigenvalue weighted by Gasteiger charge is -2.73. The fraction of sp³-hybridized carbons (Fsp3) is 0.771. The predicted molar refractivity (Wildman–Crippen MR) is 159 cm³/mol. The zero-order chi connectivity index (χ0) is 31.3. The minimum Gasteiger partial charge on any atom is -0.465 e. The van der Waals surface area contributed by atoms with Gasteiger partial charge in [0.1, 0.15) is 11.7 Å². The number of nitrogens with zero attached hydrogens (tertiary/aromatic N) is 1. The molecule has 5 aliphatic carbocycles. The first kappa shape index (κ1) is 31.0. The van der Waals surface area contributed by atoms with Crippen LogP contribution in [0.25, 0.3) is 4.85 Å². The first-order chi connectivity index (χ1) is 19.2. The smallest absolute Gasteiger partial charge is 0.303 e. The van der Waals surface area contributed by atoms with E-state index in [-0.39, 0.29) is 41.3 Å². The number of aliphatic hydroxyl groups is 1. The quantitative estimate of drug-likeness (QED) is 0.230. The van der Waals surface area contributed by atoms with Crippen molar-refractivity contribution in [3.8, 4) is 0 Å². The van der Waals surface area contributed by atoms with Gasteiger partial charge >= 0.3 is 11.9 Å². The number of esters is 2. The minimum absolute atomic E-state index is 0.0321. The third-order valence-corrected chi connectivity index (χ3v) is 13.2. The summed E-state index contributed by atoms with van der Waals surface area (Å²) in [6.07, 6.45) is 8.49. The number of rotatable bonds is 3. The van der Waals surface area contributed by atoms with Gasteiger partial charge in [0.25, 0.3) is 0 Å². The van der Waals surface area contributed by atoms with Gasteiger partial charge in [-0.1, -0.05) is 60.1 Å². The Hall–Kier alpha value is -2.46. The van der Waals surface area contributed by atoms with Crippen LogP contribution in [0, 0.1) is 50.9 Å². The molecule has 0 heterocycles. The van der Waals surface area contributed by atoms with E-state index < -0.39 is 44.7 Å². The maximum absolute atomic E-state index is 13.5. The van der Waals surface area contributed by atoms with E-state index in [2.05, 4.69) is 39.5 Å². The summed E-state index contributed by atoms with van der Waals surface area (Å²) in [6, 6.07) is 0. The van der Waals surface area contributed by atoms with E-state index in [4.69, 9.17) is 16.0 Å². The van der Waals surface area contributed by atoms with Crippen molar-refractivity contribution in [2.24, 2.45) is 44.3 Å². The molecule has 1 N–H and O–H groups in total.